The van der Waals surface area contributed by atoms with E-state index in [1.165, 1.54) is 13.8 Å². The second-order valence-electron chi connectivity index (χ2n) is 11.9. The molecule has 0 bridgehead atoms. The summed E-state index contributed by atoms with van der Waals surface area (Å²) in [5.74, 6) is -12.6. The lowest BCUT2D eigenvalue weighted by molar-refractivity contribution is -0.142. The van der Waals surface area contributed by atoms with Crippen molar-refractivity contribution in [2.24, 2.45) is 17.2 Å². The largest absolute Gasteiger partial charge is 0.481 e. The van der Waals surface area contributed by atoms with Crippen molar-refractivity contribution in [1.29, 1.82) is 0 Å². The summed E-state index contributed by atoms with van der Waals surface area (Å²) in [5.41, 5.74) is 15.0. The predicted octanol–water partition coefficient (Wildman–Crippen LogP) is -5.47. The standard InChI is InChI=1S/C28H47N9O13S2/c1-28(2,31)27(50)37-17(11-52)26(49)35-14(8-19(40)41)24(47)32-12(4-3-7-29)22(45)33-13(5-6-18(38)39)23(46)34-15(9-20(42)43)25(48)36-16(10-51)21(30)44/h12-17,51-52H,3-11,29,31H2,1-2H3,(H2,30,44)(H,32,47)(H,33,45)(H,34,46)(H,35,49)(H,36,48)(H,37,50)(H,38,39)(H,40,41)(H,42,43). The zero-order valence-corrected chi connectivity index (χ0v) is 30.2. The molecule has 0 saturated carbocycles. The number of amides is 7. The summed E-state index contributed by atoms with van der Waals surface area (Å²) in [7, 11) is 0. The van der Waals surface area contributed by atoms with Crippen LogP contribution in [-0.2, 0) is 47.9 Å². The summed E-state index contributed by atoms with van der Waals surface area (Å²) < 4.78 is 0. The highest BCUT2D eigenvalue weighted by atomic mass is 32.1. The van der Waals surface area contributed by atoms with E-state index in [1.807, 2.05) is 0 Å². The molecule has 0 aliphatic rings. The Hall–Kier alpha value is -4.68. The molecule has 24 heteroatoms. The lowest BCUT2D eigenvalue weighted by atomic mass is 10.0. The molecule has 0 spiro atoms. The second-order valence-corrected chi connectivity index (χ2v) is 12.6. The van der Waals surface area contributed by atoms with Crippen LogP contribution < -0.4 is 49.1 Å². The molecule has 0 aliphatic heterocycles. The molecule has 294 valence electrons. The fourth-order valence-corrected chi connectivity index (χ4v) is 4.53. The summed E-state index contributed by atoms with van der Waals surface area (Å²) in [6.45, 7) is 2.70. The number of aliphatic carboxylic acids is 3. The highest BCUT2D eigenvalue weighted by Crippen LogP contribution is 2.07. The Kier molecular flexibility index (Phi) is 20.9. The van der Waals surface area contributed by atoms with Crippen LogP contribution in [-0.4, -0.2) is 134 Å². The molecule has 6 unspecified atom stereocenters. The number of hydrogen-bond donors (Lipinski definition) is 14. The van der Waals surface area contributed by atoms with Crippen molar-refractivity contribution < 1.29 is 63.3 Å². The third-order valence-corrected chi connectivity index (χ3v) is 7.60. The van der Waals surface area contributed by atoms with Crippen LogP contribution in [0.1, 0.15) is 52.4 Å². The van der Waals surface area contributed by atoms with E-state index >= 15 is 0 Å². The zero-order valence-electron chi connectivity index (χ0n) is 28.4. The fourth-order valence-electron chi connectivity index (χ4n) is 4.00. The lowest BCUT2D eigenvalue weighted by Gasteiger charge is -2.27. The first-order valence-corrected chi connectivity index (χ1v) is 16.8. The van der Waals surface area contributed by atoms with E-state index in [4.69, 9.17) is 17.2 Å². The number of thiol groups is 2. The Bertz CT molecular complexity index is 1350. The maximum Gasteiger partial charge on any atom is 0.305 e. The van der Waals surface area contributed by atoms with Crippen LogP contribution >= 0.6 is 25.3 Å². The number of carboxylic acid groups (broad SMARTS) is 3. The maximum atomic E-state index is 13.4. The Morgan fingerprint density at radius 1 is 0.577 bits per heavy atom. The van der Waals surface area contributed by atoms with Crippen molar-refractivity contribution in [2.75, 3.05) is 18.1 Å². The Morgan fingerprint density at radius 3 is 1.29 bits per heavy atom. The van der Waals surface area contributed by atoms with Gasteiger partial charge < -0.3 is 64.4 Å². The third-order valence-electron chi connectivity index (χ3n) is 6.87. The van der Waals surface area contributed by atoms with E-state index in [0.29, 0.717) is 0 Å². The molecule has 52 heavy (non-hydrogen) atoms. The van der Waals surface area contributed by atoms with Crippen molar-refractivity contribution in [3.63, 3.8) is 0 Å². The Balaban J connectivity index is 6.27. The van der Waals surface area contributed by atoms with E-state index in [2.05, 4.69) is 57.2 Å². The average Bonchev–Trinajstić information content (AvgIpc) is 3.03. The first-order valence-electron chi connectivity index (χ1n) is 15.6. The van der Waals surface area contributed by atoms with Gasteiger partial charge in [0.2, 0.25) is 41.4 Å². The minimum atomic E-state index is -1.84. The van der Waals surface area contributed by atoms with E-state index in [9.17, 15) is 63.3 Å². The highest BCUT2D eigenvalue weighted by Gasteiger charge is 2.35. The molecule has 0 aromatic carbocycles. The first kappa shape index (κ1) is 47.3. The van der Waals surface area contributed by atoms with Crippen LogP contribution in [0.4, 0.5) is 0 Å². The van der Waals surface area contributed by atoms with Crippen LogP contribution in [0.25, 0.3) is 0 Å². The van der Waals surface area contributed by atoms with Crippen LogP contribution in [0.2, 0.25) is 0 Å². The van der Waals surface area contributed by atoms with Crippen LogP contribution in [0.15, 0.2) is 0 Å². The maximum absolute atomic E-state index is 13.4. The molecule has 0 aromatic heterocycles. The predicted molar refractivity (Wildman–Crippen MR) is 186 cm³/mol. The topological polar surface area (TPSA) is 382 Å². The minimum absolute atomic E-state index is 0.0107. The van der Waals surface area contributed by atoms with Crippen molar-refractivity contribution in [3.8, 4) is 0 Å². The normalized spacial score (nSPS) is 14.5. The summed E-state index contributed by atoms with van der Waals surface area (Å²) in [6.07, 6.45) is -3.44. The number of rotatable bonds is 25. The van der Waals surface area contributed by atoms with E-state index in [1.54, 1.807) is 0 Å². The number of carbonyl (C=O) groups is 10. The number of nitrogens with two attached hydrogens (primary N) is 3. The molecule has 6 atom stereocenters. The minimum Gasteiger partial charge on any atom is -0.481 e. The van der Waals surface area contributed by atoms with Crippen LogP contribution in [0, 0.1) is 0 Å². The SMILES string of the molecule is CC(C)(N)C(=O)NC(CS)C(=O)NC(CC(=O)O)C(=O)NC(CCCN)C(=O)NC(CCC(=O)O)C(=O)NC(CC(=O)O)C(=O)NC(CS)C(N)=O. The highest BCUT2D eigenvalue weighted by molar-refractivity contribution is 7.80. The molecule has 0 radical (unpaired) electrons. The van der Waals surface area contributed by atoms with Crippen molar-refractivity contribution >= 4 is 84.5 Å². The molecular weight excluding hydrogens is 734 g/mol. The number of nitrogens with one attached hydrogen (secondary N) is 6. The van der Waals surface area contributed by atoms with Crippen LogP contribution in [0.3, 0.4) is 0 Å². The van der Waals surface area contributed by atoms with E-state index in [0.717, 1.165) is 0 Å². The Labute approximate surface area is 308 Å². The molecule has 0 saturated heterocycles. The van der Waals surface area contributed by atoms with Crippen molar-refractivity contribution in [3.05, 3.63) is 0 Å². The number of carbonyl (C=O) groups excluding carboxylic acids is 7. The van der Waals surface area contributed by atoms with Gasteiger partial charge in [-0.25, -0.2) is 0 Å². The van der Waals surface area contributed by atoms with Crippen LogP contribution in [0.5, 0.6) is 0 Å². The Morgan fingerprint density at radius 2 is 0.942 bits per heavy atom. The van der Waals surface area contributed by atoms with Gasteiger partial charge in [0.1, 0.15) is 36.3 Å². The van der Waals surface area contributed by atoms with Gasteiger partial charge in [0.25, 0.3) is 0 Å². The van der Waals surface area contributed by atoms with Crippen molar-refractivity contribution in [1.82, 2.24) is 31.9 Å². The van der Waals surface area contributed by atoms with Gasteiger partial charge in [0.15, 0.2) is 0 Å². The molecular formula is C28H47N9O13S2. The average molecular weight is 782 g/mol. The third kappa shape index (κ3) is 18.0. The van der Waals surface area contributed by atoms with Gasteiger partial charge in [-0.3, -0.25) is 47.9 Å². The number of primary amides is 1. The summed E-state index contributed by atoms with van der Waals surface area (Å²) in [6, 6.07) is -9.68. The zero-order chi connectivity index (χ0) is 40.3. The monoisotopic (exact) mass is 781 g/mol. The number of hydrogen-bond acceptors (Lipinski definition) is 14. The van der Waals surface area contributed by atoms with E-state index in [-0.39, 0.29) is 30.9 Å². The summed E-state index contributed by atoms with van der Waals surface area (Å²) >= 11 is 7.87. The molecule has 22 nitrogen and oxygen atoms in total. The van der Waals surface area contributed by atoms with Gasteiger partial charge in [-0.05, 0) is 39.7 Å². The quantitative estimate of drug-likeness (QED) is 0.0384. The lowest BCUT2D eigenvalue weighted by Crippen LogP contribution is -2.61. The van der Waals surface area contributed by atoms with Gasteiger partial charge in [-0.2, -0.15) is 25.3 Å². The molecule has 0 fully saturated rings. The second kappa shape index (κ2) is 23.0. The van der Waals surface area contributed by atoms with Gasteiger partial charge in [-0.1, -0.05) is 0 Å². The molecule has 0 aliphatic carbocycles. The van der Waals surface area contributed by atoms with Gasteiger partial charge >= 0.3 is 17.9 Å². The first-order chi connectivity index (χ1) is 24.1. The summed E-state index contributed by atoms with van der Waals surface area (Å²) in [4.78, 5) is 124. The fraction of sp³-hybridized carbons (Fsp3) is 0.643. The van der Waals surface area contributed by atoms with Crippen molar-refractivity contribution in [2.45, 2.75) is 94.2 Å². The molecule has 7 amide bonds. The molecule has 0 aromatic rings. The molecule has 15 N–H and O–H groups in total. The summed E-state index contributed by atoms with van der Waals surface area (Å²) in [5, 5.41) is 41.1. The number of carboxylic acids is 3. The molecule has 0 rings (SSSR count). The molecule has 0 heterocycles. The van der Waals surface area contributed by atoms with Gasteiger partial charge in [0.05, 0.1) is 18.4 Å². The smallest absolute Gasteiger partial charge is 0.305 e. The van der Waals surface area contributed by atoms with Gasteiger partial charge in [0, 0.05) is 17.9 Å². The van der Waals surface area contributed by atoms with E-state index < -0.39 is 127 Å². The van der Waals surface area contributed by atoms with Gasteiger partial charge in [-0.15, -0.1) is 0 Å².